The molecule has 82 valence electrons. The van der Waals surface area contributed by atoms with Crippen LogP contribution in [0.5, 0.6) is 0 Å². The summed E-state index contributed by atoms with van der Waals surface area (Å²) in [6.07, 6.45) is 0. The Morgan fingerprint density at radius 2 is 1.88 bits per heavy atom. The molecule has 0 amide bonds. The predicted molar refractivity (Wildman–Crippen MR) is 57.6 cm³/mol. The first-order chi connectivity index (χ1) is 7.56. The Balaban J connectivity index is 2.67. The van der Waals surface area contributed by atoms with Gasteiger partial charge in [0.25, 0.3) is 5.56 Å². The Morgan fingerprint density at radius 1 is 1.12 bits per heavy atom. The molecule has 1 aromatic carbocycles. The van der Waals surface area contributed by atoms with Crippen LogP contribution in [0.25, 0.3) is 11.3 Å². The van der Waals surface area contributed by atoms with Crippen molar-refractivity contribution in [2.75, 3.05) is 0 Å². The second-order valence-corrected chi connectivity index (χ2v) is 3.53. The lowest BCUT2D eigenvalue weighted by molar-refractivity contribution is 0.585. The molecule has 0 aliphatic heterocycles. The van der Waals surface area contributed by atoms with Gasteiger partial charge in [0.2, 0.25) is 0 Å². The van der Waals surface area contributed by atoms with Crippen molar-refractivity contribution in [3.05, 3.63) is 51.0 Å². The monoisotopic (exact) mass is 240 g/mol. The second-order valence-electron chi connectivity index (χ2n) is 3.13. The molecular formula is C10H6F2N2OS. The van der Waals surface area contributed by atoms with E-state index in [1.807, 2.05) is 0 Å². The fourth-order valence-electron chi connectivity index (χ4n) is 1.32. The van der Waals surface area contributed by atoms with Crippen molar-refractivity contribution in [1.82, 2.24) is 9.97 Å². The van der Waals surface area contributed by atoms with E-state index in [4.69, 9.17) is 12.2 Å². The van der Waals surface area contributed by atoms with Crippen LogP contribution in [0.15, 0.2) is 29.1 Å². The van der Waals surface area contributed by atoms with E-state index in [2.05, 4.69) is 9.97 Å². The van der Waals surface area contributed by atoms with Gasteiger partial charge in [-0.1, -0.05) is 0 Å². The Hall–Kier alpha value is -1.82. The normalized spacial score (nSPS) is 10.4. The van der Waals surface area contributed by atoms with Crippen LogP contribution in [-0.4, -0.2) is 9.97 Å². The molecule has 0 saturated carbocycles. The molecule has 2 N–H and O–H groups in total. The van der Waals surface area contributed by atoms with Crippen molar-refractivity contribution in [1.29, 1.82) is 0 Å². The molecule has 0 fully saturated rings. The summed E-state index contributed by atoms with van der Waals surface area (Å²) in [6, 6.07) is 4.25. The standard InChI is InChI=1S/C10H6F2N2OS/c11-5-1-2-6(7(12)3-5)8-4-9(15)14-10(16)13-8/h1-4H,(H2,13,14,15,16). The van der Waals surface area contributed by atoms with Crippen LogP contribution in [0.1, 0.15) is 0 Å². The fourth-order valence-corrected chi connectivity index (χ4v) is 1.53. The van der Waals surface area contributed by atoms with Gasteiger partial charge < -0.3 is 4.98 Å². The van der Waals surface area contributed by atoms with E-state index < -0.39 is 17.2 Å². The summed E-state index contributed by atoms with van der Waals surface area (Å²) in [4.78, 5) is 16.1. The summed E-state index contributed by atoms with van der Waals surface area (Å²) < 4.78 is 26.2. The van der Waals surface area contributed by atoms with Gasteiger partial charge >= 0.3 is 0 Å². The quantitative estimate of drug-likeness (QED) is 0.752. The van der Waals surface area contributed by atoms with Gasteiger partial charge in [-0.15, -0.1) is 0 Å². The number of halogens is 2. The third-order valence-corrected chi connectivity index (χ3v) is 2.19. The van der Waals surface area contributed by atoms with Crippen LogP contribution < -0.4 is 5.56 Å². The number of benzene rings is 1. The Bertz CT molecular complexity index is 620. The van der Waals surface area contributed by atoms with Gasteiger partial charge in [-0.05, 0) is 24.4 Å². The molecule has 16 heavy (non-hydrogen) atoms. The van der Waals surface area contributed by atoms with E-state index in [0.29, 0.717) is 0 Å². The molecule has 0 aliphatic rings. The van der Waals surface area contributed by atoms with Gasteiger partial charge in [-0.2, -0.15) is 0 Å². The molecular weight excluding hydrogens is 234 g/mol. The summed E-state index contributed by atoms with van der Waals surface area (Å²) in [6.45, 7) is 0. The number of aromatic nitrogens is 2. The molecule has 2 aromatic rings. The van der Waals surface area contributed by atoms with E-state index in [0.717, 1.165) is 18.2 Å². The third kappa shape index (κ3) is 2.06. The maximum atomic E-state index is 13.4. The zero-order valence-electron chi connectivity index (χ0n) is 7.88. The van der Waals surface area contributed by atoms with Crippen molar-refractivity contribution in [3.8, 4) is 11.3 Å². The minimum absolute atomic E-state index is 0.0891. The molecule has 6 heteroatoms. The number of aromatic amines is 2. The van der Waals surface area contributed by atoms with Crippen LogP contribution in [0, 0.1) is 16.4 Å². The smallest absolute Gasteiger partial charge is 0.252 e. The van der Waals surface area contributed by atoms with Gasteiger partial charge in [0.1, 0.15) is 11.6 Å². The van der Waals surface area contributed by atoms with Gasteiger partial charge in [0.15, 0.2) is 4.77 Å². The number of rotatable bonds is 1. The van der Waals surface area contributed by atoms with Crippen molar-refractivity contribution < 1.29 is 8.78 Å². The maximum absolute atomic E-state index is 13.4. The Kier molecular flexibility index (Phi) is 2.66. The van der Waals surface area contributed by atoms with Crippen molar-refractivity contribution in [2.45, 2.75) is 0 Å². The summed E-state index contributed by atoms with van der Waals surface area (Å²) in [5, 5.41) is 0. The average Bonchev–Trinajstić information content (AvgIpc) is 2.15. The molecule has 1 heterocycles. The Morgan fingerprint density at radius 3 is 2.50 bits per heavy atom. The van der Waals surface area contributed by atoms with E-state index in [9.17, 15) is 13.6 Å². The zero-order chi connectivity index (χ0) is 11.7. The molecule has 0 atom stereocenters. The lowest BCUT2D eigenvalue weighted by Gasteiger charge is -2.02. The molecule has 0 bridgehead atoms. The molecule has 0 spiro atoms. The molecule has 3 nitrogen and oxygen atoms in total. The van der Waals surface area contributed by atoms with Crippen molar-refractivity contribution in [3.63, 3.8) is 0 Å². The maximum Gasteiger partial charge on any atom is 0.252 e. The lowest BCUT2D eigenvalue weighted by Crippen LogP contribution is -2.06. The molecule has 0 saturated heterocycles. The number of H-pyrrole nitrogens is 2. The third-order valence-electron chi connectivity index (χ3n) is 1.98. The van der Waals surface area contributed by atoms with E-state index in [-0.39, 0.29) is 16.0 Å². The van der Waals surface area contributed by atoms with E-state index in [1.54, 1.807) is 0 Å². The van der Waals surface area contributed by atoms with Crippen LogP contribution in [0.3, 0.4) is 0 Å². The average molecular weight is 240 g/mol. The first-order valence-electron chi connectivity index (χ1n) is 4.35. The van der Waals surface area contributed by atoms with Crippen LogP contribution in [0.4, 0.5) is 8.78 Å². The van der Waals surface area contributed by atoms with Crippen molar-refractivity contribution in [2.24, 2.45) is 0 Å². The zero-order valence-corrected chi connectivity index (χ0v) is 8.70. The highest BCUT2D eigenvalue weighted by Gasteiger charge is 2.07. The molecule has 2 rings (SSSR count). The minimum Gasteiger partial charge on any atom is -0.332 e. The van der Waals surface area contributed by atoms with Crippen LogP contribution in [0.2, 0.25) is 0 Å². The summed E-state index contributed by atoms with van der Waals surface area (Å²) in [7, 11) is 0. The topological polar surface area (TPSA) is 48.6 Å². The summed E-state index contributed by atoms with van der Waals surface area (Å²) >= 11 is 4.75. The summed E-state index contributed by atoms with van der Waals surface area (Å²) in [5.74, 6) is -1.43. The highest BCUT2D eigenvalue weighted by molar-refractivity contribution is 7.71. The first kappa shape index (κ1) is 10.7. The lowest BCUT2D eigenvalue weighted by atomic mass is 10.1. The molecule has 0 aliphatic carbocycles. The van der Waals surface area contributed by atoms with Crippen LogP contribution in [-0.2, 0) is 0 Å². The van der Waals surface area contributed by atoms with Gasteiger partial charge in [-0.25, -0.2) is 8.78 Å². The second kappa shape index (κ2) is 3.97. The highest BCUT2D eigenvalue weighted by atomic mass is 32.1. The molecule has 1 aromatic heterocycles. The van der Waals surface area contributed by atoms with E-state index in [1.165, 1.54) is 6.07 Å². The summed E-state index contributed by atoms with van der Waals surface area (Å²) in [5.41, 5.74) is -0.132. The van der Waals surface area contributed by atoms with E-state index >= 15 is 0 Å². The van der Waals surface area contributed by atoms with Crippen LogP contribution >= 0.6 is 12.2 Å². The number of hydrogen-bond acceptors (Lipinski definition) is 2. The first-order valence-corrected chi connectivity index (χ1v) is 4.76. The molecule has 0 unspecified atom stereocenters. The SMILES string of the molecule is O=c1cc(-c2ccc(F)cc2F)[nH]c(=S)[nH]1. The minimum atomic E-state index is -0.753. The number of nitrogens with one attached hydrogen (secondary N) is 2. The van der Waals surface area contributed by atoms with Gasteiger partial charge in [0, 0.05) is 17.7 Å². The predicted octanol–water partition coefficient (Wildman–Crippen LogP) is 2.38. The van der Waals surface area contributed by atoms with Crippen molar-refractivity contribution >= 4 is 12.2 Å². The van der Waals surface area contributed by atoms with Gasteiger partial charge in [0.05, 0.1) is 5.69 Å². The molecule has 0 radical (unpaired) electrons. The highest BCUT2D eigenvalue weighted by Crippen LogP contribution is 2.19. The number of hydrogen-bond donors (Lipinski definition) is 2. The Labute approximate surface area is 93.8 Å². The largest absolute Gasteiger partial charge is 0.332 e. The fraction of sp³-hybridized carbons (Fsp3) is 0. The van der Waals surface area contributed by atoms with Gasteiger partial charge in [-0.3, -0.25) is 9.78 Å².